The van der Waals surface area contributed by atoms with E-state index in [0.717, 1.165) is 38.8 Å². The zero-order valence-electron chi connectivity index (χ0n) is 24.6. The third-order valence-corrected chi connectivity index (χ3v) is 9.79. The van der Waals surface area contributed by atoms with Gasteiger partial charge in [0, 0.05) is 38.0 Å². The predicted octanol–water partition coefficient (Wildman–Crippen LogP) is 10.7. The van der Waals surface area contributed by atoms with Gasteiger partial charge < -0.3 is 4.57 Å². The van der Waals surface area contributed by atoms with Crippen molar-refractivity contribution in [1.82, 2.24) is 18.9 Å². The van der Waals surface area contributed by atoms with Gasteiger partial charge in [0.1, 0.15) is 5.52 Å². The Labute approximate surface area is 262 Å². The summed E-state index contributed by atoms with van der Waals surface area (Å²) in [5.74, 6) is 0. The maximum atomic E-state index is 5.18. The predicted molar refractivity (Wildman–Crippen MR) is 191 cm³/mol. The summed E-state index contributed by atoms with van der Waals surface area (Å²) in [4.78, 5) is 10.3. The first kappa shape index (κ1) is 24.1. The zero-order valence-corrected chi connectivity index (χ0v) is 24.6. The van der Waals surface area contributed by atoms with Crippen LogP contribution in [0.1, 0.15) is 0 Å². The number of fused-ring (bicyclic) bond motifs is 12. The molecule has 0 atom stereocenters. The van der Waals surface area contributed by atoms with Crippen molar-refractivity contribution < 1.29 is 0 Å². The molecule has 46 heavy (non-hydrogen) atoms. The Balaban J connectivity index is 1.25. The van der Waals surface area contributed by atoms with Gasteiger partial charge in [0.15, 0.2) is 5.65 Å². The van der Waals surface area contributed by atoms with E-state index in [4.69, 9.17) is 9.97 Å². The molecule has 0 aliphatic rings. The Morgan fingerprint density at radius 2 is 1.13 bits per heavy atom. The van der Waals surface area contributed by atoms with Gasteiger partial charge in [0.05, 0.1) is 33.1 Å². The first-order valence-electron chi connectivity index (χ1n) is 15.7. The molecule has 0 aliphatic carbocycles. The van der Waals surface area contributed by atoms with Crippen LogP contribution in [0.2, 0.25) is 0 Å². The smallest absolute Gasteiger partial charge is 0.165 e. The molecule has 4 heterocycles. The standard InChI is InChI=1S/C42H24N4/c1-2-11-28(12-3-1)45-38-21-19-26(22-32(38)31-20-18-25-10-4-5-13-29(25)40(31)45)27-23-33-30-14-6-9-17-37(30)46-41(33)34(24-27)39-42(46)44-36-16-8-7-15-35(36)43-39/h1-24H. The lowest BCUT2D eigenvalue weighted by atomic mass is 9.98. The molecule has 0 spiro atoms. The third-order valence-electron chi connectivity index (χ3n) is 9.79. The van der Waals surface area contributed by atoms with E-state index in [2.05, 4.69) is 136 Å². The highest BCUT2D eigenvalue weighted by Crippen LogP contribution is 2.43. The fraction of sp³-hybridized carbons (Fsp3) is 0. The van der Waals surface area contributed by atoms with Crippen LogP contribution in [-0.4, -0.2) is 18.9 Å². The van der Waals surface area contributed by atoms with E-state index < -0.39 is 0 Å². The number of nitrogens with zero attached hydrogens (tertiary/aromatic N) is 4. The molecule has 7 aromatic carbocycles. The van der Waals surface area contributed by atoms with Crippen molar-refractivity contribution in [2.45, 2.75) is 0 Å². The molecule has 0 unspecified atom stereocenters. The summed E-state index contributed by atoms with van der Waals surface area (Å²) in [6, 6.07) is 52.4. The Bertz CT molecular complexity index is 3020. The molecule has 0 saturated carbocycles. The highest BCUT2D eigenvalue weighted by Gasteiger charge is 2.22. The van der Waals surface area contributed by atoms with E-state index in [-0.39, 0.29) is 0 Å². The summed E-state index contributed by atoms with van der Waals surface area (Å²) in [7, 11) is 0. The lowest BCUT2D eigenvalue weighted by molar-refractivity contribution is 1.19. The molecule has 4 heteroatoms. The van der Waals surface area contributed by atoms with E-state index >= 15 is 0 Å². The molecular formula is C42H24N4. The molecule has 0 amide bonds. The van der Waals surface area contributed by atoms with Crippen LogP contribution >= 0.6 is 0 Å². The van der Waals surface area contributed by atoms with Crippen LogP contribution in [0.5, 0.6) is 0 Å². The largest absolute Gasteiger partial charge is 0.309 e. The second-order valence-electron chi connectivity index (χ2n) is 12.2. The second-order valence-corrected chi connectivity index (χ2v) is 12.2. The Morgan fingerprint density at radius 3 is 2.02 bits per heavy atom. The Hall–Kier alpha value is -6.26. The van der Waals surface area contributed by atoms with E-state index in [1.807, 2.05) is 18.2 Å². The van der Waals surface area contributed by atoms with Crippen LogP contribution in [0.25, 0.3) is 98.8 Å². The van der Waals surface area contributed by atoms with Crippen molar-refractivity contribution in [3.63, 3.8) is 0 Å². The van der Waals surface area contributed by atoms with Gasteiger partial charge in [-0.1, -0.05) is 91.0 Å². The monoisotopic (exact) mass is 584 g/mol. The molecule has 4 nitrogen and oxygen atoms in total. The maximum Gasteiger partial charge on any atom is 0.165 e. The number of hydrogen-bond donors (Lipinski definition) is 0. The normalized spacial score (nSPS) is 12.3. The van der Waals surface area contributed by atoms with Gasteiger partial charge in [0.25, 0.3) is 0 Å². The number of hydrogen-bond acceptors (Lipinski definition) is 2. The summed E-state index contributed by atoms with van der Waals surface area (Å²) < 4.78 is 4.73. The minimum absolute atomic E-state index is 0.908. The first-order valence-corrected chi connectivity index (χ1v) is 15.7. The summed E-state index contributed by atoms with van der Waals surface area (Å²) in [5, 5.41) is 8.59. The third kappa shape index (κ3) is 3.07. The van der Waals surface area contributed by atoms with Crippen molar-refractivity contribution in [3.05, 3.63) is 146 Å². The van der Waals surface area contributed by atoms with Crippen molar-refractivity contribution in [3.8, 4) is 16.8 Å². The van der Waals surface area contributed by atoms with Crippen LogP contribution in [0.15, 0.2) is 146 Å². The Kier molecular flexibility index (Phi) is 4.55. The summed E-state index contributed by atoms with van der Waals surface area (Å²) in [5.41, 5.74) is 12.0. The molecule has 0 saturated heterocycles. The highest BCUT2D eigenvalue weighted by molar-refractivity contribution is 6.24. The average molecular weight is 585 g/mol. The molecular weight excluding hydrogens is 560 g/mol. The fourth-order valence-corrected chi connectivity index (χ4v) is 7.80. The van der Waals surface area contributed by atoms with Gasteiger partial charge in [-0.15, -0.1) is 0 Å². The quantitative estimate of drug-likeness (QED) is 0.203. The van der Waals surface area contributed by atoms with Gasteiger partial charge in [-0.3, -0.25) is 4.40 Å². The summed E-state index contributed by atoms with van der Waals surface area (Å²) in [6.07, 6.45) is 0. The second kappa shape index (κ2) is 8.68. The van der Waals surface area contributed by atoms with Gasteiger partial charge in [-0.2, -0.15) is 0 Å². The topological polar surface area (TPSA) is 35.1 Å². The number of aromatic nitrogens is 4. The van der Waals surface area contributed by atoms with E-state index in [1.165, 1.54) is 60.0 Å². The van der Waals surface area contributed by atoms with E-state index in [1.54, 1.807) is 0 Å². The molecule has 11 aromatic rings. The molecule has 4 aromatic heterocycles. The van der Waals surface area contributed by atoms with E-state index in [0.29, 0.717) is 0 Å². The van der Waals surface area contributed by atoms with Crippen LogP contribution in [0.4, 0.5) is 0 Å². The minimum Gasteiger partial charge on any atom is -0.309 e. The molecule has 0 bridgehead atoms. The molecule has 212 valence electrons. The maximum absolute atomic E-state index is 5.18. The highest BCUT2D eigenvalue weighted by atomic mass is 15.0. The van der Waals surface area contributed by atoms with Crippen LogP contribution in [-0.2, 0) is 0 Å². The number of benzene rings is 7. The van der Waals surface area contributed by atoms with Gasteiger partial charge in [-0.25, -0.2) is 9.97 Å². The average Bonchev–Trinajstić information content (AvgIpc) is 3.75. The van der Waals surface area contributed by atoms with Crippen molar-refractivity contribution in [2.24, 2.45) is 0 Å². The lowest BCUT2D eigenvalue weighted by Gasteiger charge is -2.10. The van der Waals surface area contributed by atoms with E-state index in [9.17, 15) is 0 Å². The number of rotatable bonds is 2. The van der Waals surface area contributed by atoms with Gasteiger partial charge >= 0.3 is 0 Å². The molecule has 0 N–H and O–H groups in total. The van der Waals surface area contributed by atoms with Gasteiger partial charge in [0.2, 0.25) is 0 Å². The fourth-order valence-electron chi connectivity index (χ4n) is 7.80. The van der Waals surface area contributed by atoms with Crippen LogP contribution in [0.3, 0.4) is 0 Å². The molecule has 0 radical (unpaired) electrons. The molecule has 0 aliphatic heterocycles. The first-order chi connectivity index (χ1) is 22.8. The molecule has 11 rings (SSSR count). The Morgan fingerprint density at radius 1 is 0.413 bits per heavy atom. The van der Waals surface area contributed by atoms with Crippen molar-refractivity contribution >= 4 is 82.0 Å². The summed E-state index contributed by atoms with van der Waals surface area (Å²) >= 11 is 0. The summed E-state index contributed by atoms with van der Waals surface area (Å²) in [6.45, 7) is 0. The SMILES string of the molecule is c1ccc(-n2c3ccc(-c4cc5c6ccccc6n6c7nc8ccccc8nc7c(c4)c56)cc3c3ccc4ccccc4c32)cc1. The zero-order chi connectivity index (χ0) is 29.9. The number of para-hydroxylation sites is 4. The lowest BCUT2D eigenvalue weighted by Crippen LogP contribution is -1.93. The van der Waals surface area contributed by atoms with Crippen molar-refractivity contribution in [1.29, 1.82) is 0 Å². The van der Waals surface area contributed by atoms with Gasteiger partial charge in [-0.05, 0) is 71.1 Å². The molecule has 0 fully saturated rings. The van der Waals surface area contributed by atoms with Crippen molar-refractivity contribution in [2.75, 3.05) is 0 Å². The van der Waals surface area contributed by atoms with Crippen LogP contribution < -0.4 is 0 Å². The minimum atomic E-state index is 0.908. The van der Waals surface area contributed by atoms with Crippen LogP contribution in [0, 0.1) is 0 Å².